The minimum Gasteiger partial charge on any atom is -0.295 e. The molecule has 1 saturated heterocycles. The van der Waals surface area contributed by atoms with Gasteiger partial charge in [0.1, 0.15) is 0 Å². The van der Waals surface area contributed by atoms with Crippen LogP contribution in [0.2, 0.25) is 0 Å². The monoisotopic (exact) mass is 362 g/mol. The molecule has 4 rings (SSSR count). The molecule has 2 aromatic heterocycles. The van der Waals surface area contributed by atoms with Gasteiger partial charge >= 0.3 is 0 Å². The number of pyridine rings is 1. The third kappa shape index (κ3) is 3.78. The van der Waals surface area contributed by atoms with Crippen molar-refractivity contribution in [1.82, 2.24) is 19.4 Å². The number of aryl methyl sites for hydroxylation is 1. The number of rotatable bonds is 4. The fourth-order valence-corrected chi connectivity index (χ4v) is 3.86. The van der Waals surface area contributed by atoms with Crippen molar-refractivity contribution in [3.05, 3.63) is 70.4 Å². The van der Waals surface area contributed by atoms with E-state index in [2.05, 4.69) is 53.0 Å². The highest BCUT2D eigenvalue weighted by molar-refractivity contribution is 5.71. The largest absolute Gasteiger partial charge is 0.295 e. The van der Waals surface area contributed by atoms with Crippen molar-refractivity contribution in [3.63, 3.8) is 0 Å². The molecule has 0 radical (unpaired) electrons. The van der Waals surface area contributed by atoms with Gasteiger partial charge in [0, 0.05) is 12.7 Å². The van der Waals surface area contributed by atoms with Crippen molar-refractivity contribution in [3.8, 4) is 0 Å². The Bertz CT molecular complexity index is 972. The highest BCUT2D eigenvalue weighted by Gasteiger charge is 2.25. The summed E-state index contributed by atoms with van der Waals surface area (Å²) in [6.07, 6.45) is 5.73. The van der Waals surface area contributed by atoms with Crippen LogP contribution in [0.4, 0.5) is 0 Å². The summed E-state index contributed by atoms with van der Waals surface area (Å²) in [6, 6.07) is 12.5. The summed E-state index contributed by atoms with van der Waals surface area (Å²) in [5, 5.41) is 0. The Morgan fingerprint density at radius 3 is 2.59 bits per heavy atom. The second-order valence-corrected chi connectivity index (χ2v) is 7.72. The lowest BCUT2D eigenvalue weighted by atomic mass is 9.95. The molecule has 27 heavy (non-hydrogen) atoms. The van der Waals surface area contributed by atoms with Crippen LogP contribution >= 0.6 is 0 Å². The Balaban J connectivity index is 1.69. The quantitative estimate of drug-likeness (QED) is 0.712. The topological polar surface area (TPSA) is 51.0 Å². The van der Waals surface area contributed by atoms with Gasteiger partial charge in [0.25, 0.3) is 5.56 Å². The summed E-state index contributed by atoms with van der Waals surface area (Å²) < 4.78 is 1.72. The van der Waals surface area contributed by atoms with Crippen molar-refractivity contribution in [2.24, 2.45) is 5.92 Å². The summed E-state index contributed by atoms with van der Waals surface area (Å²) in [6.45, 7) is 7.14. The van der Waals surface area contributed by atoms with E-state index >= 15 is 0 Å². The van der Waals surface area contributed by atoms with E-state index in [9.17, 15) is 4.79 Å². The van der Waals surface area contributed by atoms with Crippen LogP contribution in [0.15, 0.2) is 53.7 Å². The molecule has 0 N–H and O–H groups in total. The molecular formula is C22H26N4O. The summed E-state index contributed by atoms with van der Waals surface area (Å²) in [5.41, 5.74) is 3.53. The first kappa shape index (κ1) is 17.9. The lowest BCUT2D eigenvalue weighted by molar-refractivity contribution is 0.124. The SMILES string of the molecule is Cc1ccc([C@@H](Cn2cnc3cccnc3c2=O)N2CCC(C)CC2)cc1. The van der Waals surface area contributed by atoms with Gasteiger partial charge in [0.2, 0.25) is 0 Å². The molecule has 1 atom stereocenters. The van der Waals surface area contributed by atoms with E-state index in [1.54, 1.807) is 17.1 Å². The Morgan fingerprint density at radius 1 is 1.11 bits per heavy atom. The van der Waals surface area contributed by atoms with E-state index in [-0.39, 0.29) is 11.6 Å². The number of likely N-dealkylation sites (tertiary alicyclic amines) is 1. The molecule has 5 nitrogen and oxygen atoms in total. The van der Waals surface area contributed by atoms with E-state index in [0.29, 0.717) is 17.6 Å². The first-order valence-electron chi connectivity index (χ1n) is 9.72. The predicted molar refractivity (Wildman–Crippen MR) is 108 cm³/mol. The first-order valence-corrected chi connectivity index (χ1v) is 9.72. The molecule has 3 aromatic rings. The molecule has 0 spiro atoms. The van der Waals surface area contributed by atoms with Gasteiger partial charge < -0.3 is 0 Å². The molecule has 0 bridgehead atoms. The Morgan fingerprint density at radius 2 is 1.85 bits per heavy atom. The van der Waals surface area contributed by atoms with Crippen LogP contribution in [0.25, 0.3) is 11.0 Å². The highest BCUT2D eigenvalue weighted by atomic mass is 16.1. The molecule has 1 aromatic carbocycles. The molecule has 3 heterocycles. The Hall–Kier alpha value is -2.53. The lowest BCUT2D eigenvalue weighted by Crippen LogP contribution is -2.39. The zero-order chi connectivity index (χ0) is 18.8. The van der Waals surface area contributed by atoms with Crippen LogP contribution < -0.4 is 5.56 Å². The van der Waals surface area contributed by atoms with E-state index in [1.165, 1.54) is 24.0 Å². The van der Waals surface area contributed by atoms with Crippen molar-refractivity contribution in [2.45, 2.75) is 39.3 Å². The van der Waals surface area contributed by atoms with Gasteiger partial charge in [-0.2, -0.15) is 0 Å². The number of nitrogens with zero attached hydrogens (tertiary/aromatic N) is 4. The van der Waals surface area contributed by atoms with Gasteiger partial charge in [-0.25, -0.2) is 9.97 Å². The lowest BCUT2D eigenvalue weighted by Gasteiger charge is -2.37. The summed E-state index contributed by atoms with van der Waals surface area (Å²) in [7, 11) is 0. The minimum absolute atomic E-state index is 0.0666. The van der Waals surface area contributed by atoms with Gasteiger partial charge in [-0.05, 0) is 56.5 Å². The van der Waals surface area contributed by atoms with Gasteiger partial charge in [-0.1, -0.05) is 36.8 Å². The maximum Gasteiger partial charge on any atom is 0.279 e. The Kier molecular flexibility index (Phi) is 5.03. The van der Waals surface area contributed by atoms with E-state index in [1.807, 2.05) is 12.1 Å². The summed E-state index contributed by atoms with van der Waals surface area (Å²) in [4.78, 5) is 24.1. The molecule has 1 aliphatic heterocycles. The normalized spacial score (nSPS) is 17.3. The van der Waals surface area contributed by atoms with Crippen molar-refractivity contribution in [1.29, 1.82) is 0 Å². The number of hydrogen-bond acceptors (Lipinski definition) is 4. The smallest absolute Gasteiger partial charge is 0.279 e. The van der Waals surface area contributed by atoms with Crippen LogP contribution in [0.3, 0.4) is 0 Å². The van der Waals surface area contributed by atoms with Gasteiger partial charge in [-0.3, -0.25) is 14.3 Å². The number of hydrogen-bond donors (Lipinski definition) is 0. The second kappa shape index (κ2) is 7.61. The van der Waals surface area contributed by atoms with Gasteiger partial charge in [-0.15, -0.1) is 0 Å². The van der Waals surface area contributed by atoms with Crippen molar-refractivity contribution in [2.75, 3.05) is 13.1 Å². The number of aromatic nitrogens is 3. The van der Waals surface area contributed by atoms with Gasteiger partial charge in [0.05, 0.1) is 17.9 Å². The minimum atomic E-state index is -0.0666. The molecule has 0 amide bonds. The summed E-state index contributed by atoms with van der Waals surface area (Å²) in [5.74, 6) is 0.772. The molecular weight excluding hydrogens is 336 g/mol. The molecule has 140 valence electrons. The van der Waals surface area contributed by atoms with Crippen LogP contribution in [0, 0.1) is 12.8 Å². The molecule has 0 aliphatic carbocycles. The van der Waals surface area contributed by atoms with Crippen LogP contribution in [-0.2, 0) is 6.54 Å². The Labute approximate surface area is 159 Å². The van der Waals surface area contributed by atoms with Crippen LogP contribution in [0.5, 0.6) is 0 Å². The maximum absolute atomic E-state index is 12.9. The van der Waals surface area contributed by atoms with E-state index in [4.69, 9.17) is 0 Å². The van der Waals surface area contributed by atoms with E-state index < -0.39 is 0 Å². The van der Waals surface area contributed by atoms with E-state index in [0.717, 1.165) is 19.0 Å². The average Bonchev–Trinajstić information content (AvgIpc) is 2.70. The molecule has 0 unspecified atom stereocenters. The fourth-order valence-electron chi connectivity index (χ4n) is 3.86. The third-order valence-corrected chi connectivity index (χ3v) is 5.68. The number of benzene rings is 1. The standard InChI is InChI=1S/C22H26N4O/c1-16-5-7-18(8-6-16)20(25-12-9-17(2)10-13-25)14-26-15-24-19-4-3-11-23-21(19)22(26)27/h3-8,11,15,17,20H,9-10,12-14H2,1-2H3/t20-/m1/s1. The third-order valence-electron chi connectivity index (χ3n) is 5.68. The first-order chi connectivity index (χ1) is 13.1. The zero-order valence-corrected chi connectivity index (χ0v) is 16.0. The molecule has 0 saturated carbocycles. The van der Waals surface area contributed by atoms with Gasteiger partial charge in [0.15, 0.2) is 5.52 Å². The molecule has 1 fully saturated rings. The second-order valence-electron chi connectivity index (χ2n) is 7.72. The van der Waals surface area contributed by atoms with Crippen molar-refractivity contribution >= 4 is 11.0 Å². The highest BCUT2D eigenvalue weighted by Crippen LogP contribution is 2.28. The number of fused-ring (bicyclic) bond motifs is 1. The summed E-state index contributed by atoms with van der Waals surface area (Å²) >= 11 is 0. The van der Waals surface area contributed by atoms with Crippen LogP contribution in [0.1, 0.15) is 36.9 Å². The fraction of sp³-hybridized carbons (Fsp3) is 0.409. The predicted octanol–water partition coefficient (Wildman–Crippen LogP) is 3.57. The number of piperidine rings is 1. The average molecular weight is 362 g/mol. The molecule has 5 heteroatoms. The van der Waals surface area contributed by atoms with Crippen LogP contribution in [-0.4, -0.2) is 32.5 Å². The zero-order valence-electron chi connectivity index (χ0n) is 16.0. The maximum atomic E-state index is 12.9. The molecule has 1 aliphatic rings. The van der Waals surface area contributed by atoms with Crippen molar-refractivity contribution < 1.29 is 0 Å².